The zero-order valence-electron chi connectivity index (χ0n) is 12.6. The molecule has 0 spiro atoms. The summed E-state index contributed by atoms with van der Waals surface area (Å²) in [5, 5.41) is 14.9. The van der Waals surface area contributed by atoms with Gasteiger partial charge in [0.25, 0.3) is 0 Å². The number of thiophene rings is 1. The summed E-state index contributed by atoms with van der Waals surface area (Å²) in [6.07, 6.45) is 0.330. The van der Waals surface area contributed by atoms with E-state index >= 15 is 0 Å². The fourth-order valence-electron chi connectivity index (χ4n) is 3.32. The van der Waals surface area contributed by atoms with Crippen molar-refractivity contribution in [3.63, 3.8) is 0 Å². The number of hydrogen-bond acceptors (Lipinski definition) is 7. The van der Waals surface area contributed by atoms with Crippen LogP contribution in [0.25, 0.3) is 0 Å². The highest BCUT2D eigenvalue weighted by atomic mass is 32.1. The van der Waals surface area contributed by atoms with Crippen molar-refractivity contribution in [2.24, 2.45) is 5.92 Å². The highest BCUT2D eigenvalue weighted by Crippen LogP contribution is 2.30. The maximum atomic E-state index is 6.11. The molecule has 0 radical (unpaired) electrons. The number of nitrogens with zero attached hydrogens (tertiary/aromatic N) is 4. The summed E-state index contributed by atoms with van der Waals surface area (Å²) in [5.41, 5.74) is 1.41. The molecule has 2 aliphatic rings. The van der Waals surface area contributed by atoms with E-state index < -0.39 is 0 Å². The molecule has 7 heteroatoms. The molecule has 0 aromatic carbocycles. The molecule has 22 heavy (non-hydrogen) atoms. The van der Waals surface area contributed by atoms with E-state index in [-0.39, 0.29) is 0 Å². The topological polar surface area (TPSA) is 41.5 Å². The third kappa shape index (κ3) is 3.03. The normalized spacial score (nSPS) is 26.1. The molecule has 0 aliphatic carbocycles. The van der Waals surface area contributed by atoms with Gasteiger partial charge in [-0.2, -0.15) is 11.3 Å². The number of anilines is 1. The number of fused-ring (bicyclic) bond motifs is 1. The van der Waals surface area contributed by atoms with Gasteiger partial charge in [-0.1, -0.05) is 11.3 Å². The van der Waals surface area contributed by atoms with E-state index in [2.05, 4.69) is 36.8 Å². The predicted octanol–water partition coefficient (Wildman–Crippen LogP) is 2.25. The zero-order chi connectivity index (χ0) is 14.9. The maximum absolute atomic E-state index is 6.11. The van der Waals surface area contributed by atoms with Crippen LogP contribution in [0, 0.1) is 12.8 Å². The van der Waals surface area contributed by atoms with E-state index in [0.717, 1.165) is 49.5 Å². The van der Waals surface area contributed by atoms with Gasteiger partial charge in [0.1, 0.15) is 5.01 Å². The zero-order valence-corrected chi connectivity index (χ0v) is 14.3. The minimum absolute atomic E-state index is 0.330. The summed E-state index contributed by atoms with van der Waals surface area (Å²) in [5.74, 6) is 0.561. The van der Waals surface area contributed by atoms with Crippen molar-refractivity contribution in [3.05, 3.63) is 27.4 Å². The first kappa shape index (κ1) is 14.6. The first-order chi connectivity index (χ1) is 10.8. The van der Waals surface area contributed by atoms with Crippen LogP contribution in [0.5, 0.6) is 0 Å². The van der Waals surface area contributed by atoms with Crippen molar-refractivity contribution < 1.29 is 4.74 Å². The Kier molecular flexibility index (Phi) is 4.13. The van der Waals surface area contributed by atoms with Crippen LogP contribution >= 0.6 is 22.7 Å². The summed E-state index contributed by atoms with van der Waals surface area (Å²) >= 11 is 3.45. The number of rotatable bonds is 3. The van der Waals surface area contributed by atoms with Gasteiger partial charge in [0, 0.05) is 38.6 Å². The Hall–Kier alpha value is -1.02. The Bertz CT molecular complexity index is 615. The Morgan fingerprint density at radius 1 is 1.32 bits per heavy atom. The van der Waals surface area contributed by atoms with Gasteiger partial charge in [-0.05, 0) is 29.3 Å². The highest BCUT2D eigenvalue weighted by Gasteiger charge is 2.37. The summed E-state index contributed by atoms with van der Waals surface area (Å²) in [6.45, 7) is 7.98. The monoisotopic (exact) mass is 336 g/mol. The first-order valence-electron chi connectivity index (χ1n) is 7.68. The van der Waals surface area contributed by atoms with Crippen LogP contribution in [0.2, 0.25) is 0 Å². The number of ether oxygens (including phenoxy) is 1. The fraction of sp³-hybridized carbons (Fsp3) is 0.600. The summed E-state index contributed by atoms with van der Waals surface area (Å²) in [4.78, 5) is 4.87. The van der Waals surface area contributed by atoms with Crippen LogP contribution < -0.4 is 4.90 Å². The van der Waals surface area contributed by atoms with Crippen LogP contribution in [-0.4, -0.2) is 54.0 Å². The molecule has 2 fully saturated rings. The second-order valence-electron chi connectivity index (χ2n) is 6.04. The number of hydrogen-bond donors (Lipinski definition) is 0. The first-order valence-corrected chi connectivity index (χ1v) is 9.44. The van der Waals surface area contributed by atoms with E-state index in [0.29, 0.717) is 12.0 Å². The predicted molar refractivity (Wildman–Crippen MR) is 89.7 cm³/mol. The smallest absolute Gasteiger partial charge is 0.208 e. The summed E-state index contributed by atoms with van der Waals surface area (Å²) in [7, 11) is 0. The van der Waals surface area contributed by atoms with E-state index in [4.69, 9.17) is 4.74 Å². The molecule has 0 unspecified atom stereocenters. The second-order valence-corrected chi connectivity index (χ2v) is 7.98. The Balaban J connectivity index is 1.43. The van der Waals surface area contributed by atoms with Crippen LogP contribution in [0.15, 0.2) is 16.8 Å². The van der Waals surface area contributed by atoms with E-state index in [1.54, 1.807) is 22.7 Å². The third-order valence-corrected chi connectivity index (χ3v) is 6.02. The Morgan fingerprint density at radius 2 is 2.27 bits per heavy atom. The lowest BCUT2D eigenvalue weighted by Crippen LogP contribution is -2.32. The SMILES string of the molecule is Cc1nnc(N2C[C@@H]3CN(Cc4ccsc4)CCO[C@@H]3C2)s1. The summed E-state index contributed by atoms with van der Waals surface area (Å²) < 4.78 is 6.11. The lowest BCUT2D eigenvalue weighted by molar-refractivity contribution is 0.0579. The fourth-order valence-corrected chi connectivity index (χ4v) is 4.68. The van der Waals surface area contributed by atoms with Gasteiger partial charge in [0.05, 0.1) is 12.7 Å². The van der Waals surface area contributed by atoms with Crippen LogP contribution in [0.4, 0.5) is 5.13 Å². The van der Waals surface area contributed by atoms with Crippen molar-refractivity contribution in [2.75, 3.05) is 37.7 Å². The van der Waals surface area contributed by atoms with Gasteiger partial charge in [-0.25, -0.2) is 0 Å². The molecule has 0 bridgehead atoms. The third-order valence-electron chi connectivity index (χ3n) is 4.39. The highest BCUT2D eigenvalue weighted by molar-refractivity contribution is 7.15. The average Bonchev–Trinajstić information content (AvgIpc) is 3.20. The van der Waals surface area contributed by atoms with Crippen LogP contribution in [-0.2, 0) is 11.3 Å². The summed E-state index contributed by atoms with van der Waals surface area (Å²) in [6, 6.07) is 2.22. The van der Waals surface area contributed by atoms with Crippen LogP contribution in [0.1, 0.15) is 10.6 Å². The molecule has 0 saturated carbocycles. The lowest BCUT2D eigenvalue weighted by Gasteiger charge is -2.22. The van der Waals surface area contributed by atoms with Gasteiger partial charge in [0.2, 0.25) is 5.13 Å². The molecule has 0 N–H and O–H groups in total. The van der Waals surface area contributed by atoms with E-state index in [9.17, 15) is 0 Å². The molecule has 0 amide bonds. The van der Waals surface area contributed by atoms with Crippen molar-refractivity contribution in [1.82, 2.24) is 15.1 Å². The largest absolute Gasteiger partial charge is 0.375 e. The standard InChI is InChI=1S/C15H20N4OS2/c1-11-16-17-15(22-11)19-8-13-7-18(3-4-20-14(13)9-19)6-12-2-5-21-10-12/h2,5,10,13-14H,3-4,6-9H2,1H3/t13-,14+/m0/s1. The molecule has 4 rings (SSSR count). The molecular formula is C15H20N4OS2. The van der Waals surface area contributed by atoms with Crippen molar-refractivity contribution >= 4 is 27.8 Å². The Morgan fingerprint density at radius 3 is 3.05 bits per heavy atom. The molecule has 2 saturated heterocycles. The molecule has 4 heterocycles. The molecular weight excluding hydrogens is 316 g/mol. The van der Waals surface area contributed by atoms with E-state index in [1.807, 2.05) is 6.92 Å². The van der Waals surface area contributed by atoms with Gasteiger partial charge < -0.3 is 9.64 Å². The molecule has 2 aliphatic heterocycles. The van der Waals surface area contributed by atoms with Crippen LogP contribution in [0.3, 0.4) is 0 Å². The van der Waals surface area contributed by atoms with Crippen molar-refractivity contribution in [1.29, 1.82) is 0 Å². The quantitative estimate of drug-likeness (QED) is 0.860. The minimum atomic E-state index is 0.330. The van der Waals surface area contributed by atoms with Gasteiger partial charge >= 0.3 is 0 Å². The number of aryl methyl sites for hydroxylation is 1. The maximum Gasteiger partial charge on any atom is 0.208 e. The van der Waals surface area contributed by atoms with Gasteiger partial charge in [-0.15, -0.1) is 10.2 Å². The molecule has 2 aromatic heterocycles. The minimum Gasteiger partial charge on any atom is -0.375 e. The van der Waals surface area contributed by atoms with Crippen molar-refractivity contribution in [2.45, 2.75) is 19.6 Å². The molecule has 118 valence electrons. The second kappa shape index (κ2) is 6.23. The Labute approximate surface area is 138 Å². The van der Waals surface area contributed by atoms with Crippen molar-refractivity contribution in [3.8, 4) is 0 Å². The molecule has 2 aromatic rings. The van der Waals surface area contributed by atoms with E-state index in [1.165, 1.54) is 5.56 Å². The number of aromatic nitrogens is 2. The molecule has 2 atom stereocenters. The van der Waals surface area contributed by atoms with Gasteiger partial charge in [-0.3, -0.25) is 4.90 Å². The van der Waals surface area contributed by atoms with Gasteiger partial charge in [0.15, 0.2) is 0 Å². The average molecular weight is 336 g/mol. The molecule has 5 nitrogen and oxygen atoms in total. The lowest BCUT2D eigenvalue weighted by atomic mass is 10.1.